The number of hydrogen-bond acceptors (Lipinski definition) is 10. The number of aryl methyl sites for hydroxylation is 1. The highest BCUT2D eigenvalue weighted by Crippen LogP contribution is 2.31. The Hall–Kier alpha value is -2.95. The van der Waals surface area contributed by atoms with Gasteiger partial charge in [-0.25, -0.2) is 9.97 Å². The van der Waals surface area contributed by atoms with Crippen molar-refractivity contribution in [2.24, 2.45) is 0 Å². The van der Waals surface area contributed by atoms with E-state index in [0.29, 0.717) is 47.3 Å². The lowest BCUT2D eigenvalue weighted by Gasteiger charge is -2.50. The maximum absolute atomic E-state index is 10.3. The summed E-state index contributed by atoms with van der Waals surface area (Å²) in [7, 11) is 0. The molecule has 4 heterocycles. The Kier molecular flexibility index (Phi) is 8.54. The minimum atomic E-state index is 0.280. The summed E-state index contributed by atoms with van der Waals surface area (Å²) in [5.74, 6) is 1.57. The summed E-state index contributed by atoms with van der Waals surface area (Å²) in [4.78, 5) is 17.2. The van der Waals surface area contributed by atoms with E-state index < -0.39 is 0 Å². The van der Waals surface area contributed by atoms with Gasteiger partial charge in [0.05, 0.1) is 11.9 Å². The second-order valence-electron chi connectivity index (χ2n) is 10.6. The van der Waals surface area contributed by atoms with Crippen LogP contribution in [0.4, 0.5) is 11.8 Å². The molecule has 39 heavy (non-hydrogen) atoms. The molecule has 0 amide bonds. The van der Waals surface area contributed by atoms with Gasteiger partial charge in [0, 0.05) is 54.9 Å². The number of benzene rings is 1. The van der Waals surface area contributed by atoms with Crippen LogP contribution in [0.15, 0.2) is 28.8 Å². The summed E-state index contributed by atoms with van der Waals surface area (Å²) in [6.45, 7) is 14.0. The van der Waals surface area contributed by atoms with Gasteiger partial charge >= 0.3 is 6.01 Å². The second-order valence-corrected chi connectivity index (χ2v) is 11.1. The highest BCUT2D eigenvalue weighted by molar-refractivity contribution is 6.30. The van der Waals surface area contributed by atoms with Crippen molar-refractivity contribution in [1.29, 1.82) is 0 Å². The lowest BCUT2D eigenvalue weighted by Crippen LogP contribution is -2.61. The summed E-state index contributed by atoms with van der Waals surface area (Å²) in [5.41, 5.74) is 2.39. The van der Waals surface area contributed by atoms with Crippen molar-refractivity contribution < 1.29 is 9.52 Å². The van der Waals surface area contributed by atoms with Crippen molar-refractivity contribution in [3.63, 3.8) is 0 Å². The van der Waals surface area contributed by atoms with Crippen LogP contribution < -0.4 is 10.2 Å². The van der Waals surface area contributed by atoms with E-state index in [-0.39, 0.29) is 5.75 Å². The molecule has 2 aromatic heterocycles. The number of phenols is 1. The standard InChI is InChI=1S/C28H39ClN8O2/c1-5-22-17-36(26-19(4)32-24(14-31-26)27-33-34-28(39-27)30-6-2)18(3)15-37(22)23-9-11-35(12-10-23)16-20-7-8-21(29)13-25(20)38/h7-8,13-14,18,22-23,38H,5-6,9-12,15-17H2,1-4H3,(H,30,34)/t18-,22+/m1/s1. The van der Waals surface area contributed by atoms with Gasteiger partial charge in [0.25, 0.3) is 5.89 Å². The summed E-state index contributed by atoms with van der Waals surface area (Å²) in [6, 6.07) is 7.13. The van der Waals surface area contributed by atoms with Gasteiger partial charge in [0.2, 0.25) is 0 Å². The predicted molar refractivity (Wildman–Crippen MR) is 153 cm³/mol. The molecular formula is C28H39ClN8O2. The molecule has 210 valence electrons. The van der Waals surface area contributed by atoms with Gasteiger partial charge in [-0.15, -0.1) is 5.10 Å². The SMILES string of the molecule is CCNc1nnc(-c2cnc(N3C[C@H](CC)N(C4CCN(Cc5ccc(Cl)cc5O)CC4)C[C@H]3C)c(C)n2)o1. The van der Waals surface area contributed by atoms with Gasteiger partial charge in [0.15, 0.2) is 0 Å². The van der Waals surface area contributed by atoms with Crippen LogP contribution in [0.1, 0.15) is 51.3 Å². The van der Waals surface area contributed by atoms with E-state index in [2.05, 4.69) is 44.1 Å². The number of anilines is 2. The molecule has 2 saturated heterocycles. The lowest BCUT2D eigenvalue weighted by atomic mass is 9.96. The fourth-order valence-corrected chi connectivity index (χ4v) is 6.07. The van der Waals surface area contributed by atoms with E-state index in [1.807, 2.05) is 26.0 Å². The average Bonchev–Trinajstić information content (AvgIpc) is 3.40. The van der Waals surface area contributed by atoms with Gasteiger partial charge in [-0.3, -0.25) is 9.80 Å². The fraction of sp³-hybridized carbons (Fsp3) is 0.571. The zero-order chi connectivity index (χ0) is 27.5. The zero-order valence-electron chi connectivity index (χ0n) is 23.3. The first-order valence-electron chi connectivity index (χ1n) is 14.0. The van der Waals surface area contributed by atoms with E-state index in [1.54, 1.807) is 12.3 Å². The maximum atomic E-state index is 10.3. The summed E-state index contributed by atoms with van der Waals surface area (Å²) < 4.78 is 5.66. The molecule has 2 aliphatic heterocycles. The van der Waals surface area contributed by atoms with Crippen LogP contribution >= 0.6 is 11.6 Å². The molecule has 2 aliphatic rings. The van der Waals surface area contributed by atoms with E-state index in [1.165, 1.54) is 0 Å². The highest BCUT2D eigenvalue weighted by Gasteiger charge is 2.37. The van der Waals surface area contributed by atoms with Crippen LogP contribution in [0, 0.1) is 6.92 Å². The second kappa shape index (κ2) is 12.1. The van der Waals surface area contributed by atoms with Gasteiger partial charge in [-0.1, -0.05) is 29.7 Å². The molecule has 0 bridgehead atoms. The number of nitrogens with zero attached hydrogens (tertiary/aromatic N) is 7. The smallest absolute Gasteiger partial charge is 0.315 e. The summed E-state index contributed by atoms with van der Waals surface area (Å²) in [6.07, 6.45) is 5.08. The molecule has 2 N–H and O–H groups in total. The zero-order valence-corrected chi connectivity index (χ0v) is 24.0. The highest BCUT2D eigenvalue weighted by atomic mass is 35.5. The Morgan fingerprint density at radius 1 is 1.15 bits per heavy atom. The van der Waals surface area contributed by atoms with Crippen molar-refractivity contribution in [3.8, 4) is 17.3 Å². The molecule has 3 aromatic rings. The number of likely N-dealkylation sites (tertiary alicyclic amines) is 1. The number of hydrogen-bond donors (Lipinski definition) is 2. The van der Waals surface area contributed by atoms with Gasteiger partial charge in [-0.05, 0) is 65.3 Å². The Bertz CT molecular complexity index is 1260. The molecular weight excluding hydrogens is 516 g/mol. The Balaban J connectivity index is 1.22. The first-order valence-corrected chi connectivity index (χ1v) is 14.4. The van der Waals surface area contributed by atoms with Crippen LogP contribution in [0.5, 0.6) is 5.75 Å². The minimum Gasteiger partial charge on any atom is -0.508 e. The molecule has 1 aromatic carbocycles. The fourth-order valence-electron chi connectivity index (χ4n) is 5.90. The molecule has 0 spiro atoms. The molecule has 5 rings (SSSR count). The molecule has 2 fully saturated rings. The van der Waals surface area contributed by atoms with Crippen molar-refractivity contribution in [1.82, 2.24) is 30.0 Å². The van der Waals surface area contributed by atoms with Gasteiger partial charge < -0.3 is 19.7 Å². The van der Waals surface area contributed by atoms with Gasteiger partial charge in [-0.2, -0.15) is 0 Å². The average molecular weight is 555 g/mol. The molecule has 2 atom stereocenters. The Morgan fingerprint density at radius 2 is 1.95 bits per heavy atom. The summed E-state index contributed by atoms with van der Waals surface area (Å²) in [5, 5.41) is 22.0. The number of aromatic nitrogens is 4. The number of aromatic hydroxyl groups is 1. The third kappa shape index (κ3) is 6.13. The van der Waals surface area contributed by atoms with Crippen LogP contribution in [-0.4, -0.2) is 85.9 Å². The number of halogens is 1. The largest absolute Gasteiger partial charge is 0.508 e. The van der Waals surface area contributed by atoms with E-state index in [9.17, 15) is 5.11 Å². The van der Waals surface area contributed by atoms with E-state index in [4.69, 9.17) is 26.0 Å². The monoisotopic (exact) mass is 554 g/mol. The third-order valence-corrected chi connectivity index (χ3v) is 8.22. The Labute approximate surface area is 235 Å². The maximum Gasteiger partial charge on any atom is 0.315 e. The molecule has 0 radical (unpaired) electrons. The molecule has 0 saturated carbocycles. The number of rotatable bonds is 8. The molecule has 10 nitrogen and oxygen atoms in total. The molecule has 0 aliphatic carbocycles. The number of piperidine rings is 1. The van der Waals surface area contributed by atoms with E-state index in [0.717, 1.165) is 69.1 Å². The minimum absolute atomic E-state index is 0.280. The van der Waals surface area contributed by atoms with Crippen molar-refractivity contribution >= 4 is 23.4 Å². The number of nitrogens with one attached hydrogen (secondary N) is 1. The lowest BCUT2D eigenvalue weighted by molar-refractivity contribution is 0.0504. The number of phenolic OH excluding ortho intramolecular Hbond substituents is 1. The van der Waals surface area contributed by atoms with Crippen molar-refractivity contribution in [2.75, 3.05) is 42.9 Å². The Morgan fingerprint density at radius 3 is 2.64 bits per heavy atom. The normalized spacial score (nSPS) is 21.4. The topological polar surface area (TPSA) is 107 Å². The first-order chi connectivity index (χ1) is 18.9. The van der Waals surface area contributed by atoms with Crippen molar-refractivity contribution in [3.05, 3.63) is 40.7 Å². The van der Waals surface area contributed by atoms with Crippen LogP contribution in [-0.2, 0) is 6.54 Å². The van der Waals surface area contributed by atoms with Crippen molar-refractivity contribution in [2.45, 2.75) is 71.6 Å². The van der Waals surface area contributed by atoms with Crippen LogP contribution in [0.3, 0.4) is 0 Å². The first kappa shape index (κ1) is 27.6. The van der Waals surface area contributed by atoms with Crippen LogP contribution in [0.2, 0.25) is 5.02 Å². The summed E-state index contributed by atoms with van der Waals surface area (Å²) >= 11 is 6.00. The molecule has 11 heteroatoms. The predicted octanol–water partition coefficient (Wildman–Crippen LogP) is 4.58. The quantitative estimate of drug-likeness (QED) is 0.411. The number of piperazine rings is 1. The molecule has 0 unspecified atom stereocenters. The van der Waals surface area contributed by atoms with Crippen LogP contribution in [0.25, 0.3) is 11.6 Å². The van der Waals surface area contributed by atoms with E-state index >= 15 is 0 Å². The third-order valence-electron chi connectivity index (χ3n) is 7.99. The van der Waals surface area contributed by atoms with Gasteiger partial charge in [0.1, 0.15) is 17.3 Å².